The highest BCUT2D eigenvalue weighted by Gasteiger charge is 2.19. The molecule has 0 radical (unpaired) electrons. The summed E-state index contributed by atoms with van der Waals surface area (Å²) in [5.74, 6) is -4.34. The van der Waals surface area contributed by atoms with Crippen LogP contribution in [0.15, 0.2) is 0 Å². The van der Waals surface area contributed by atoms with Crippen LogP contribution in [0.1, 0.15) is 27.7 Å². The zero-order chi connectivity index (χ0) is 18.0. The zero-order valence-corrected chi connectivity index (χ0v) is 12.5. The van der Waals surface area contributed by atoms with E-state index in [1.807, 2.05) is 0 Å². The summed E-state index contributed by atoms with van der Waals surface area (Å²) in [4.78, 5) is 41.2. The van der Waals surface area contributed by atoms with E-state index in [4.69, 9.17) is 20.4 Å². The highest BCUT2D eigenvalue weighted by Crippen LogP contribution is 1.95. The summed E-state index contributed by atoms with van der Waals surface area (Å²) in [6, 6.07) is 0. The van der Waals surface area contributed by atoms with Crippen LogP contribution in [0.5, 0.6) is 0 Å². The summed E-state index contributed by atoms with van der Waals surface area (Å²) in [6.45, 7) is 4.83. The van der Waals surface area contributed by atoms with Gasteiger partial charge in [0, 0.05) is 0 Å². The van der Waals surface area contributed by atoms with Crippen LogP contribution in [-0.4, -0.2) is 68.7 Å². The minimum Gasteiger partial charge on any atom is -0.479 e. The number of esters is 2. The number of aliphatic hydroxyl groups is 2. The lowest BCUT2D eigenvalue weighted by Crippen LogP contribution is -2.29. The number of carboxylic acids is 2. The molecule has 0 saturated carbocycles. The van der Waals surface area contributed by atoms with E-state index in [1.165, 1.54) is 27.7 Å². The van der Waals surface area contributed by atoms with Crippen LogP contribution in [0.25, 0.3) is 0 Å². The highest BCUT2D eigenvalue weighted by atomic mass is 16.6. The predicted molar refractivity (Wildman–Crippen MR) is 69.7 cm³/mol. The summed E-state index contributed by atoms with van der Waals surface area (Å²) < 4.78 is 8.57. The fraction of sp³-hybridized carbons (Fsp3) is 0.667. The number of ether oxygens (including phenoxy) is 2. The van der Waals surface area contributed by atoms with Gasteiger partial charge in [-0.15, -0.1) is 0 Å². The van der Waals surface area contributed by atoms with Crippen LogP contribution in [0.3, 0.4) is 0 Å². The van der Waals surface area contributed by atoms with E-state index < -0.39 is 48.3 Å². The first-order valence-electron chi connectivity index (χ1n) is 6.12. The van der Waals surface area contributed by atoms with Gasteiger partial charge < -0.3 is 29.9 Å². The van der Waals surface area contributed by atoms with Gasteiger partial charge in [-0.3, -0.25) is 0 Å². The van der Waals surface area contributed by atoms with Crippen LogP contribution >= 0.6 is 0 Å². The maximum Gasteiger partial charge on any atom is 0.344 e. The normalized spacial score (nSPS) is 15.2. The van der Waals surface area contributed by atoms with Gasteiger partial charge in [-0.1, -0.05) is 0 Å². The molecule has 0 aromatic rings. The standard InChI is InChI=1S/2C6H10O5/c2*1-3(7)6(10)11-4(2)5(8)9/h2*3-4,7H,1-2H3,(H,8,9). The van der Waals surface area contributed by atoms with E-state index in [0.29, 0.717) is 0 Å². The Balaban J connectivity index is 0. The Morgan fingerprint density at radius 2 is 0.909 bits per heavy atom. The van der Waals surface area contributed by atoms with Gasteiger partial charge >= 0.3 is 23.9 Å². The topological polar surface area (TPSA) is 168 Å². The molecule has 128 valence electrons. The highest BCUT2D eigenvalue weighted by molar-refractivity contribution is 5.80. The summed E-state index contributed by atoms with van der Waals surface area (Å²) >= 11 is 0. The smallest absolute Gasteiger partial charge is 0.344 e. The Bertz CT molecular complexity index is 363. The van der Waals surface area contributed by atoms with Gasteiger partial charge in [0.05, 0.1) is 0 Å². The third kappa shape index (κ3) is 10.6. The van der Waals surface area contributed by atoms with Crippen molar-refractivity contribution in [3.63, 3.8) is 0 Å². The number of hydrogen-bond acceptors (Lipinski definition) is 8. The Kier molecular flexibility index (Phi) is 10.6. The molecule has 0 aliphatic heterocycles. The number of carbonyl (C=O) groups excluding carboxylic acids is 2. The third-order valence-corrected chi connectivity index (χ3v) is 1.96. The molecule has 0 aromatic carbocycles. The van der Waals surface area contributed by atoms with E-state index in [1.54, 1.807) is 0 Å². The molecule has 0 fully saturated rings. The average Bonchev–Trinajstić information content (AvgIpc) is 2.38. The number of aliphatic hydroxyl groups excluding tert-OH is 2. The first-order chi connectivity index (χ1) is 9.89. The number of aliphatic carboxylic acids is 2. The first kappa shape index (κ1) is 22.1. The van der Waals surface area contributed by atoms with Crippen LogP contribution in [-0.2, 0) is 28.7 Å². The lowest BCUT2D eigenvalue weighted by molar-refractivity contribution is -0.168. The molecule has 10 nitrogen and oxygen atoms in total. The quantitative estimate of drug-likeness (QED) is 0.434. The molecule has 0 bridgehead atoms. The van der Waals surface area contributed by atoms with Crippen molar-refractivity contribution >= 4 is 23.9 Å². The molecule has 0 rings (SSSR count). The minimum atomic E-state index is -1.28. The molecule has 4 unspecified atom stereocenters. The zero-order valence-electron chi connectivity index (χ0n) is 12.5. The van der Waals surface area contributed by atoms with Crippen molar-refractivity contribution in [1.82, 2.24) is 0 Å². The van der Waals surface area contributed by atoms with Gasteiger partial charge in [-0.05, 0) is 27.7 Å². The van der Waals surface area contributed by atoms with Gasteiger partial charge in [-0.25, -0.2) is 19.2 Å². The summed E-state index contributed by atoms with van der Waals surface area (Å²) in [7, 11) is 0. The molecule has 4 atom stereocenters. The van der Waals surface area contributed by atoms with Crippen LogP contribution in [0, 0.1) is 0 Å². The van der Waals surface area contributed by atoms with Crippen molar-refractivity contribution in [1.29, 1.82) is 0 Å². The number of carboxylic acid groups (broad SMARTS) is 2. The maximum atomic E-state index is 10.5. The summed E-state index contributed by atoms with van der Waals surface area (Å²) in [5, 5.41) is 33.7. The Hall–Kier alpha value is -2.20. The summed E-state index contributed by atoms with van der Waals surface area (Å²) in [6.07, 6.45) is -4.98. The predicted octanol–water partition coefficient (Wildman–Crippen LogP) is -1.23. The Morgan fingerprint density at radius 3 is 1.05 bits per heavy atom. The molecule has 0 amide bonds. The number of rotatable bonds is 6. The molecule has 0 saturated heterocycles. The molecule has 22 heavy (non-hydrogen) atoms. The fourth-order valence-electron chi connectivity index (χ4n) is 0.646. The lowest BCUT2D eigenvalue weighted by Gasteiger charge is -2.09. The second-order valence-electron chi connectivity index (χ2n) is 4.19. The molecule has 0 aliphatic carbocycles. The molecule has 0 aliphatic rings. The van der Waals surface area contributed by atoms with E-state index in [2.05, 4.69) is 9.47 Å². The second kappa shape index (κ2) is 10.5. The van der Waals surface area contributed by atoms with E-state index in [0.717, 1.165) is 0 Å². The average molecular weight is 324 g/mol. The van der Waals surface area contributed by atoms with Crippen LogP contribution in [0.2, 0.25) is 0 Å². The van der Waals surface area contributed by atoms with Gasteiger partial charge in [0.25, 0.3) is 0 Å². The Labute approximate surface area is 126 Å². The van der Waals surface area contributed by atoms with Crippen molar-refractivity contribution in [2.45, 2.75) is 52.1 Å². The van der Waals surface area contributed by atoms with E-state index in [-0.39, 0.29) is 0 Å². The van der Waals surface area contributed by atoms with Crippen molar-refractivity contribution in [3.8, 4) is 0 Å². The SMILES string of the molecule is CC(O)C(=O)OC(C)C(=O)O.CC(O)C(=O)OC(C)C(=O)O. The molecular formula is C12H20O10. The van der Waals surface area contributed by atoms with Crippen molar-refractivity contribution in [2.24, 2.45) is 0 Å². The van der Waals surface area contributed by atoms with Gasteiger partial charge in [0.2, 0.25) is 0 Å². The van der Waals surface area contributed by atoms with Gasteiger partial charge in [-0.2, -0.15) is 0 Å². The van der Waals surface area contributed by atoms with Gasteiger partial charge in [0.1, 0.15) is 12.2 Å². The molecule has 10 heteroatoms. The monoisotopic (exact) mass is 324 g/mol. The molecule has 0 aromatic heterocycles. The number of carbonyl (C=O) groups is 4. The molecular weight excluding hydrogens is 304 g/mol. The van der Waals surface area contributed by atoms with Crippen LogP contribution in [0.4, 0.5) is 0 Å². The van der Waals surface area contributed by atoms with Gasteiger partial charge in [0.15, 0.2) is 12.2 Å². The molecule has 0 heterocycles. The molecule has 4 N–H and O–H groups in total. The largest absolute Gasteiger partial charge is 0.479 e. The number of hydrogen-bond donors (Lipinski definition) is 4. The first-order valence-corrected chi connectivity index (χ1v) is 6.12. The summed E-state index contributed by atoms with van der Waals surface area (Å²) in [5.41, 5.74) is 0. The minimum absolute atomic E-state index is 0.931. The van der Waals surface area contributed by atoms with E-state index >= 15 is 0 Å². The van der Waals surface area contributed by atoms with E-state index in [9.17, 15) is 19.2 Å². The maximum absolute atomic E-state index is 10.5. The lowest BCUT2D eigenvalue weighted by atomic mass is 10.4. The van der Waals surface area contributed by atoms with Crippen LogP contribution < -0.4 is 0 Å². The van der Waals surface area contributed by atoms with Crippen molar-refractivity contribution in [2.75, 3.05) is 0 Å². The molecule has 0 spiro atoms. The Morgan fingerprint density at radius 1 is 0.682 bits per heavy atom. The van der Waals surface area contributed by atoms with Crippen molar-refractivity contribution in [3.05, 3.63) is 0 Å². The second-order valence-corrected chi connectivity index (χ2v) is 4.19. The fourth-order valence-corrected chi connectivity index (χ4v) is 0.646. The third-order valence-electron chi connectivity index (χ3n) is 1.96. The van der Waals surface area contributed by atoms with Crippen molar-refractivity contribution < 1.29 is 49.1 Å².